The van der Waals surface area contributed by atoms with Crippen LogP contribution in [0.5, 0.6) is 0 Å². The van der Waals surface area contributed by atoms with Crippen LogP contribution in [-0.2, 0) is 4.79 Å². The highest BCUT2D eigenvalue weighted by Crippen LogP contribution is 2.68. The summed E-state index contributed by atoms with van der Waals surface area (Å²) in [5.41, 5.74) is 0.290. The number of hydrogen-bond donors (Lipinski definition) is 1. The Bertz CT molecular complexity index is 399. The molecule has 2 atom stereocenters. The van der Waals surface area contributed by atoms with Gasteiger partial charge < -0.3 is 4.90 Å². The zero-order chi connectivity index (χ0) is 15.5. The molecule has 1 saturated heterocycles. The molecule has 2 unspecified atom stereocenters. The van der Waals surface area contributed by atoms with Crippen LogP contribution in [-0.4, -0.2) is 29.1 Å². The zero-order valence-corrected chi connectivity index (χ0v) is 14.5. The van der Waals surface area contributed by atoms with Crippen molar-refractivity contribution in [2.24, 2.45) is 22.7 Å². The lowest BCUT2D eigenvalue weighted by atomic mass is 9.99. The summed E-state index contributed by atoms with van der Waals surface area (Å²) < 4.78 is 0. The average Bonchev–Trinajstić information content (AvgIpc) is 2.61. The molecule has 0 aromatic carbocycles. The highest BCUT2D eigenvalue weighted by molar-refractivity contribution is 5.88. The van der Waals surface area contributed by atoms with Crippen molar-refractivity contribution >= 4 is 5.91 Å². The lowest BCUT2D eigenvalue weighted by molar-refractivity contribution is -0.133. The molecule has 0 bridgehead atoms. The van der Waals surface area contributed by atoms with Crippen LogP contribution in [0.15, 0.2) is 0 Å². The first-order chi connectivity index (χ1) is 8.99. The number of rotatable bonds is 4. The van der Waals surface area contributed by atoms with Crippen molar-refractivity contribution in [2.45, 2.75) is 73.5 Å². The normalized spacial score (nSPS) is 36.0. The first-order valence-corrected chi connectivity index (χ1v) is 8.08. The molecule has 1 aliphatic carbocycles. The molecular weight excluding hydrogens is 248 g/mol. The van der Waals surface area contributed by atoms with Crippen molar-refractivity contribution in [1.82, 2.24) is 10.2 Å². The van der Waals surface area contributed by atoms with Gasteiger partial charge in [-0.2, -0.15) is 0 Å². The number of hydrogen-bond acceptors (Lipinski definition) is 2. The molecule has 1 heterocycles. The second-order valence-electron chi connectivity index (χ2n) is 8.47. The molecule has 2 rings (SSSR count). The first-order valence-electron chi connectivity index (χ1n) is 8.08. The van der Waals surface area contributed by atoms with Gasteiger partial charge in [-0.3, -0.25) is 10.1 Å². The molecule has 0 aromatic rings. The van der Waals surface area contributed by atoms with Gasteiger partial charge >= 0.3 is 0 Å². The second kappa shape index (κ2) is 4.46. The third kappa shape index (κ3) is 2.01. The van der Waals surface area contributed by atoms with E-state index in [0.29, 0.717) is 22.7 Å². The summed E-state index contributed by atoms with van der Waals surface area (Å²) in [6.45, 7) is 18.7. The van der Waals surface area contributed by atoms with E-state index in [1.165, 1.54) is 0 Å². The summed E-state index contributed by atoms with van der Waals surface area (Å²) in [5.74, 6) is 1.33. The average molecular weight is 280 g/mol. The van der Waals surface area contributed by atoms with Crippen LogP contribution in [0.3, 0.4) is 0 Å². The SMILES string of the molecule is CCC1(C)NC(C(C)C)N(CC2C(C)(C)C2(C)C)C1=O. The van der Waals surface area contributed by atoms with Gasteiger partial charge in [0.25, 0.3) is 0 Å². The predicted molar refractivity (Wildman–Crippen MR) is 83.2 cm³/mol. The standard InChI is InChI=1S/C17H32N2O/c1-9-17(8)14(20)19(13(18-17)11(2)3)10-12-15(4,5)16(12,6)7/h11-13,18H,9-10H2,1-8H3. The van der Waals surface area contributed by atoms with E-state index in [4.69, 9.17) is 0 Å². The monoisotopic (exact) mass is 280 g/mol. The van der Waals surface area contributed by atoms with Crippen molar-refractivity contribution in [3.63, 3.8) is 0 Å². The number of nitrogens with zero attached hydrogens (tertiary/aromatic N) is 1. The van der Waals surface area contributed by atoms with Crippen molar-refractivity contribution < 1.29 is 4.79 Å². The molecule has 2 fully saturated rings. The van der Waals surface area contributed by atoms with Crippen LogP contribution in [0.2, 0.25) is 0 Å². The van der Waals surface area contributed by atoms with Gasteiger partial charge in [-0.05, 0) is 36.0 Å². The molecule has 20 heavy (non-hydrogen) atoms. The van der Waals surface area contributed by atoms with E-state index in [0.717, 1.165) is 13.0 Å². The molecule has 3 heteroatoms. The molecule has 0 spiro atoms. The summed E-state index contributed by atoms with van der Waals surface area (Å²) in [7, 11) is 0. The fourth-order valence-electron chi connectivity index (χ4n) is 3.87. The summed E-state index contributed by atoms with van der Waals surface area (Å²) in [6.07, 6.45) is 1.03. The minimum absolute atomic E-state index is 0.180. The fraction of sp³-hybridized carbons (Fsp3) is 0.941. The summed E-state index contributed by atoms with van der Waals surface area (Å²) in [5, 5.41) is 3.58. The maximum absolute atomic E-state index is 12.8. The molecular formula is C17H32N2O. The van der Waals surface area contributed by atoms with E-state index in [-0.39, 0.29) is 17.6 Å². The Balaban J connectivity index is 2.19. The summed E-state index contributed by atoms with van der Waals surface area (Å²) >= 11 is 0. The minimum Gasteiger partial charge on any atom is -0.325 e. The Labute approximate surface area is 124 Å². The van der Waals surface area contributed by atoms with E-state index >= 15 is 0 Å². The second-order valence-corrected chi connectivity index (χ2v) is 8.47. The topological polar surface area (TPSA) is 32.3 Å². The summed E-state index contributed by atoms with van der Waals surface area (Å²) in [6, 6.07) is 0. The van der Waals surface area contributed by atoms with Crippen molar-refractivity contribution in [1.29, 1.82) is 0 Å². The third-order valence-corrected chi connectivity index (χ3v) is 6.57. The molecule has 116 valence electrons. The van der Waals surface area contributed by atoms with E-state index in [9.17, 15) is 4.79 Å². The predicted octanol–water partition coefficient (Wildman–Crippen LogP) is 3.25. The van der Waals surface area contributed by atoms with Gasteiger partial charge in [-0.25, -0.2) is 0 Å². The highest BCUT2D eigenvalue weighted by atomic mass is 16.2. The molecule has 0 radical (unpaired) electrons. The van der Waals surface area contributed by atoms with Crippen LogP contribution >= 0.6 is 0 Å². The molecule has 2 aliphatic rings. The summed E-state index contributed by atoms with van der Waals surface area (Å²) in [4.78, 5) is 14.9. The number of nitrogens with one attached hydrogen (secondary N) is 1. The molecule has 1 N–H and O–H groups in total. The van der Waals surface area contributed by atoms with Crippen LogP contribution in [0.4, 0.5) is 0 Å². The Morgan fingerprint density at radius 3 is 2.00 bits per heavy atom. The van der Waals surface area contributed by atoms with Gasteiger partial charge in [0.05, 0.1) is 11.7 Å². The number of amides is 1. The van der Waals surface area contributed by atoms with E-state index < -0.39 is 0 Å². The van der Waals surface area contributed by atoms with E-state index in [1.54, 1.807) is 0 Å². The van der Waals surface area contributed by atoms with Crippen LogP contribution in [0.25, 0.3) is 0 Å². The van der Waals surface area contributed by atoms with Gasteiger partial charge in [-0.1, -0.05) is 48.5 Å². The van der Waals surface area contributed by atoms with Gasteiger partial charge in [0, 0.05) is 6.54 Å². The molecule has 1 saturated carbocycles. The Kier molecular flexibility index (Phi) is 3.53. The lowest BCUT2D eigenvalue weighted by Gasteiger charge is -2.28. The van der Waals surface area contributed by atoms with E-state index in [1.807, 2.05) is 6.92 Å². The highest BCUT2D eigenvalue weighted by Gasteiger charge is 2.65. The lowest BCUT2D eigenvalue weighted by Crippen LogP contribution is -2.45. The maximum Gasteiger partial charge on any atom is 0.243 e. The number of carbonyl (C=O) groups excluding carboxylic acids is 1. The molecule has 1 amide bonds. The molecule has 3 nitrogen and oxygen atoms in total. The Morgan fingerprint density at radius 1 is 1.15 bits per heavy atom. The van der Waals surface area contributed by atoms with Crippen LogP contribution in [0.1, 0.15) is 61.8 Å². The zero-order valence-electron chi connectivity index (χ0n) is 14.5. The van der Waals surface area contributed by atoms with Crippen LogP contribution in [0, 0.1) is 22.7 Å². The van der Waals surface area contributed by atoms with Gasteiger partial charge in [0.15, 0.2) is 0 Å². The van der Waals surface area contributed by atoms with Crippen molar-refractivity contribution in [2.75, 3.05) is 6.54 Å². The van der Waals surface area contributed by atoms with Crippen LogP contribution < -0.4 is 5.32 Å². The van der Waals surface area contributed by atoms with Gasteiger partial charge in [-0.15, -0.1) is 0 Å². The van der Waals surface area contributed by atoms with Gasteiger partial charge in [0.2, 0.25) is 5.91 Å². The minimum atomic E-state index is -0.377. The molecule has 0 aromatic heterocycles. The van der Waals surface area contributed by atoms with E-state index in [2.05, 4.69) is 58.7 Å². The quantitative estimate of drug-likeness (QED) is 0.857. The first kappa shape index (κ1) is 15.8. The maximum atomic E-state index is 12.8. The smallest absolute Gasteiger partial charge is 0.243 e. The van der Waals surface area contributed by atoms with Gasteiger partial charge in [0.1, 0.15) is 0 Å². The largest absolute Gasteiger partial charge is 0.325 e. The number of carbonyl (C=O) groups is 1. The van der Waals surface area contributed by atoms with Crippen molar-refractivity contribution in [3.8, 4) is 0 Å². The molecule has 1 aliphatic heterocycles. The van der Waals surface area contributed by atoms with Crippen molar-refractivity contribution in [3.05, 3.63) is 0 Å². The fourth-order valence-corrected chi connectivity index (χ4v) is 3.87. The Morgan fingerprint density at radius 2 is 1.65 bits per heavy atom. The Hall–Kier alpha value is -0.570. The third-order valence-electron chi connectivity index (χ3n) is 6.57.